The molecule has 0 aliphatic carbocycles. The van der Waals surface area contributed by atoms with Crippen molar-refractivity contribution in [1.82, 2.24) is 5.43 Å². The fourth-order valence-electron chi connectivity index (χ4n) is 1.42. The molecule has 5 nitrogen and oxygen atoms in total. The summed E-state index contributed by atoms with van der Waals surface area (Å²) in [6.45, 7) is 2.56. The first-order chi connectivity index (χ1) is 9.13. The third-order valence-corrected chi connectivity index (χ3v) is 2.35. The first-order valence-corrected chi connectivity index (χ1v) is 6.14. The minimum atomic E-state index is -0.755. The van der Waals surface area contributed by atoms with E-state index in [1.54, 1.807) is 0 Å². The lowest BCUT2D eigenvalue weighted by Crippen LogP contribution is -2.24. The van der Waals surface area contributed by atoms with E-state index < -0.39 is 11.8 Å². The van der Waals surface area contributed by atoms with Crippen molar-refractivity contribution in [2.45, 2.75) is 26.2 Å². The maximum atomic E-state index is 13.5. The SMILES string of the molecule is CCCCCOc1cc(C=NNC(N)=O)ccc1F. The van der Waals surface area contributed by atoms with Gasteiger partial charge >= 0.3 is 6.03 Å². The van der Waals surface area contributed by atoms with Crippen LogP contribution >= 0.6 is 0 Å². The number of ether oxygens (including phenoxy) is 1. The van der Waals surface area contributed by atoms with Gasteiger partial charge in [-0.2, -0.15) is 5.10 Å². The first-order valence-electron chi connectivity index (χ1n) is 6.14. The third kappa shape index (κ3) is 5.85. The normalized spacial score (nSPS) is 10.6. The maximum Gasteiger partial charge on any atom is 0.332 e. The molecule has 0 radical (unpaired) electrons. The van der Waals surface area contributed by atoms with Crippen molar-refractivity contribution in [2.75, 3.05) is 6.61 Å². The monoisotopic (exact) mass is 267 g/mol. The standard InChI is InChI=1S/C13H18FN3O2/c1-2-3-4-7-19-12-8-10(5-6-11(12)14)9-16-17-13(15)18/h5-6,8-9H,2-4,7H2,1H3,(H3,15,17,18). The molecule has 0 aromatic heterocycles. The number of nitrogens with zero attached hydrogens (tertiary/aromatic N) is 1. The van der Waals surface area contributed by atoms with Crippen molar-refractivity contribution in [3.63, 3.8) is 0 Å². The number of nitrogens with two attached hydrogens (primary N) is 1. The molecule has 0 fully saturated rings. The van der Waals surface area contributed by atoms with Crippen LogP contribution in [0.5, 0.6) is 5.75 Å². The van der Waals surface area contributed by atoms with E-state index in [9.17, 15) is 9.18 Å². The van der Waals surface area contributed by atoms with Crippen molar-refractivity contribution in [3.05, 3.63) is 29.6 Å². The average Bonchev–Trinajstić information content (AvgIpc) is 2.37. The third-order valence-electron chi connectivity index (χ3n) is 2.35. The van der Waals surface area contributed by atoms with Crippen molar-refractivity contribution < 1.29 is 13.9 Å². The minimum absolute atomic E-state index is 0.180. The van der Waals surface area contributed by atoms with Crippen LogP contribution in [0.1, 0.15) is 31.7 Å². The summed E-state index contributed by atoms with van der Waals surface area (Å²) in [5.74, 6) is -0.240. The molecule has 0 heterocycles. The summed E-state index contributed by atoms with van der Waals surface area (Å²) in [6.07, 6.45) is 4.38. The number of urea groups is 1. The van der Waals surface area contributed by atoms with E-state index in [1.807, 2.05) is 0 Å². The van der Waals surface area contributed by atoms with Gasteiger partial charge in [-0.05, 0) is 24.1 Å². The van der Waals surface area contributed by atoms with E-state index in [-0.39, 0.29) is 5.75 Å². The Kier molecular flexibility index (Phi) is 6.35. The lowest BCUT2D eigenvalue weighted by atomic mass is 10.2. The van der Waals surface area contributed by atoms with E-state index in [1.165, 1.54) is 24.4 Å². The Hall–Kier alpha value is -2.11. The van der Waals surface area contributed by atoms with E-state index in [0.717, 1.165) is 19.3 Å². The van der Waals surface area contributed by atoms with Crippen molar-refractivity contribution in [3.8, 4) is 5.75 Å². The zero-order valence-electron chi connectivity index (χ0n) is 10.9. The highest BCUT2D eigenvalue weighted by Gasteiger charge is 2.03. The fraction of sp³-hybridized carbons (Fsp3) is 0.385. The van der Waals surface area contributed by atoms with E-state index in [0.29, 0.717) is 12.2 Å². The van der Waals surface area contributed by atoms with Crippen LogP contribution in [0.3, 0.4) is 0 Å². The molecule has 3 N–H and O–H groups in total. The number of rotatable bonds is 7. The quantitative estimate of drug-likeness (QED) is 0.452. The molecule has 2 amide bonds. The van der Waals surface area contributed by atoms with Gasteiger partial charge < -0.3 is 10.5 Å². The Morgan fingerprint density at radius 3 is 3.00 bits per heavy atom. The number of hydrogen-bond donors (Lipinski definition) is 2. The van der Waals surface area contributed by atoms with E-state index in [4.69, 9.17) is 10.5 Å². The molecule has 0 spiro atoms. The van der Waals surface area contributed by atoms with E-state index >= 15 is 0 Å². The highest BCUT2D eigenvalue weighted by molar-refractivity contribution is 5.81. The molecule has 1 aromatic carbocycles. The topological polar surface area (TPSA) is 76.7 Å². The molecule has 0 aliphatic heterocycles. The van der Waals surface area contributed by atoms with Crippen LogP contribution in [0.15, 0.2) is 23.3 Å². The summed E-state index contributed by atoms with van der Waals surface area (Å²) in [7, 11) is 0. The molecule has 19 heavy (non-hydrogen) atoms. The Morgan fingerprint density at radius 1 is 1.53 bits per heavy atom. The van der Waals surface area contributed by atoms with Gasteiger partial charge in [-0.25, -0.2) is 14.6 Å². The average molecular weight is 267 g/mol. The highest BCUT2D eigenvalue weighted by Crippen LogP contribution is 2.18. The predicted molar refractivity (Wildman–Crippen MR) is 71.7 cm³/mol. The van der Waals surface area contributed by atoms with Gasteiger partial charge in [0.15, 0.2) is 11.6 Å². The Balaban J connectivity index is 2.60. The van der Waals surface area contributed by atoms with Crippen LogP contribution in [-0.2, 0) is 0 Å². The Labute approximate surface area is 111 Å². The molecule has 0 saturated heterocycles. The largest absolute Gasteiger partial charge is 0.490 e. The Bertz CT molecular complexity index is 450. The predicted octanol–water partition coefficient (Wildman–Crippen LogP) is 2.40. The number of unbranched alkanes of at least 4 members (excludes halogenated alkanes) is 2. The van der Waals surface area contributed by atoms with Gasteiger partial charge in [0, 0.05) is 0 Å². The van der Waals surface area contributed by atoms with Crippen molar-refractivity contribution in [1.29, 1.82) is 0 Å². The van der Waals surface area contributed by atoms with Gasteiger partial charge in [0.1, 0.15) is 0 Å². The summed E-state index contributed by atoms with van der Waals surface area (Å²) in [4.78, 5) is 10.4. The molecule has 1 aromatic rings. The zero-order valence-corrected chi connectivity index (χ0v) is 10.9. The first kappa shape index (κ1) is 14.9. The van der Waals surface area contributed by atoms with Crippen LogP contribution in [-0.4, -0.2) is 18.9 Å². The molecule has 0 saturated carbocycles. The van der Waals surface area contributed by atoms with Gasteiger partial charge in [-0.15, -0.1) is 0 Å². The smallest absolute Gasteiger partial charge is 0.332 e. The van der Waals surface area contributed by atoms with Gasteiger partial charge in [0.2, 0.25) is 0 Å². The second-order valence-electron chi connectivity index (χ2n) is 3.98. The number of primary amides is 1. The van der Waals surface area contributed by atoms with E-state index in [2.05, 4.69) is 17.5 Å². The molecule has 0 bridgehead atoms. The number of hydrazone groups is 1. The molecule has 6 heteroatoms. The fourth-order valence-corrected chi connectivity index (χ4v) is 1.42. The summed E-state index contributed by atoms with van der Waals surface area (Å²) in [5.41, 5.74) is 7.53. The van der Waals surface area contributed by atoms with Crippen LogP contribution < -0.4 is 15.9 Å². The molecule has 1 rings (SSSR count). The zero-order chi connectivity index (χ0) is 14.1. The number of nitrogens with one attached hydrogen (secondary N) is 1. The molecular weight excluding hydrogens is 249 g/mol. The number of benzene rings is 1. The number of carbonyl (C=O) groups excluding carboxylic acids is 1. The van der Waals surface area contributed by atoms with Gasteiger partial charge in [0.25, 0.3) is 0 Å². The molecule has 0 unspecified atom stereocenters. The lowest BCUT2D eigenvalue weighted by Gasteiger charge is -2.07. The number of halogens is 1. The number of carbonyl (C=O) groups is 1. The highest BCUT2D eigenvalue weighted by atomic mass is 19.1. The number of amides is 2. The van der Waals surface area contributed by atoms with Gasteiger partial charge in [-0.1, -0.05) is 25.8 Å². The molecular formula is C13H18FN3O2. The van der Waals surface area contributed by atoms with Crippen LogP contribution in [0.25, 0.3) is 0 Å². The summed E-state index contributed by atoms with van der Waals surface area (Å²) in [6, 6.07) is 3.59. The molecule has 0 aliphatic rings. The van der Waals surface area contributed by atoms with Crippen LogP contribution in [0.2, 0.25) is 0 Å². The molecule has 104 valence electrons. The van der Waals surface area contributed by atoms with Gasteiger partial charge in [0.05, 0.1) is 12.8 Å². The second kappa shape index (κ2) is 8.07. The second-order valence-corrected chi connectivity index (χ2v) is 3.98. The minimum Gasteiger partial charge on any atom is -0.490 e. The lowest BCUT2D eigenvalue weighted by molar-refractivity contribution is 0.249. The number of hydrogen-bond acceptors (Lipinski definition) is 3. The Morgan fingerprint density at radius 2 is 2.32 bits per heavy atom. The summed E-state index contributed by atoms with van der Waals surface area (Å²) >= 11 is 0. The van der Waals surface area contributed by atoms with Gasteiger partial charge in [-0.3, -0.25) is 0 Å². The maximum absolute atomic E-state index is 13.5. The van der Waals surface area contributed by atoms with Crippen molar-refractivity contribution >= 4 is 12.2 Å². The summed E-state index contributed by atoms with van der Waals surface area (Å²) < 4.78 is 18.8. The molecule has 0 atom stereocenters. The van der Waals surface area contributed by atoms with Crippen molar-refractivity contribution in [2.24, 2.45) is 10.8 Å². The summed E-state index contributed by atoms with van der Waals surface area (Å²) in [5, 5.41) is 3.59. The van der Waals surface area contributed by atoms with Crippen LogP contribution in [0.4, 0.5) is 9.18 Å². The van der Waals surface area contributed by atoms with Crippen LogP contribution in [0, 0.1) is 5.82 Å².